The van der Waals surface area contributed by atoms with Crippen LogP contribution in [-0.2, 0) is 19.1 Å². The summed E-state index contributed by atoms with van der Waals surface area (Å²) < 4.78 is 6.06. The van der Waals surface area contributed by atoms with Gasteiger partial charge in [-0.15, -0.1) is 0 Å². The van der Waals surface area contributed by atoms with Gasteiger partial charge in [0.25, 0.3) is 0 Å². The summed E-state index contributed by atoms with van der Waals surface area (Å²) in [4.78, 5) is 39.5. The Balaban J connectivity index is 3.23. The molecule has 0 spiro atoms. The number of nitrogens with one attached hydrogen (secondary N) is 2. The second-order valence-corrected chi connectivity index (χ2v) is 7.19. The van der Waals surface area contributed by atoms with Gasteiger partial charge in [-0.3, -0.25) is 14.9 Å². The summed E-state index contributed by atoms with van der Waals surface area (Å²) in [6.07, 6.45) is 2.31. The summed E-state index contributed by atoms with van der Waals surface area (Å²) >= 11 is 0. The zero-order valence-corrected chi connectivity index (χ0v) is 17.2. The Morgan fingerprint density at radius 1 is 1.32 bits per heavy atom. The number of guanidine groups is 1. The second kappa shape index (κ2) is 10.8. The maximum Gasteiger partial charge on any atom is 0.331 e. The summed E-state index contributed by atoms with van der Waals surface area (Å²) in [7, 11) is 0. The van der Waals surface area contributed by atoms with Crippen molar-refractivity contribution >= 4 is 23.7 Å². The lowest BCUT2D eigenvalue weighted by Gasteiger charge is -2.36. The number of aliphatic imine (C=N–C) groups is 1. The third kappa shape index (κ3) is 6.95. The molecule has 0 aliphatic heterocycles. The van der Waals surface area contributed by atoms with Crippen LogP contribution < -0.4 is 16.4 Å². The number of carbonyl (C=O) groups is 3. The molecule has 3 atom stereocenters. The van der Waals surface area contributed by atoms with Crippen LogP contribution in [0.2, 0.25) is 0 Å². The van der Waals surface area contributed by atoms with Crippen LogP contribution in [0.4, 0.5) is 0 Å². The van der Waals surface area contributed by atoms with Crippen LogP contribution >= 0.6 is 0 Å². The fourth-order valence-electron chi connectivity index (χ4n) is 2.95. The van der Waals surface area contributed by atoms with Crippen LogP contribution in [0.3, 0.4) is 0 Å². The molecule has 0 radical (unpaired) electrons. The minimum absolute atomic E-state index is 0.0569. The average molecular weight is 396 g/mol. The van der Waals surface area contributed by atoms with Crippen LogP contribution in [0.5, 0.6) is 0 Å². The van der Waals surface area contributed by atoms with E-state index in [0.717, 1.165) is 12.8 Å². The second-order valence-electron chi connectivity index (χ2n) is 7.19. The molecule has 0 saturated heterocycles. The Labute approximate surface area is 165 Å². The monoisotopic (exact) mass is 396 g/mol. The van der Waals surface area contributed by atoms with Gasteiger partial charge in [-0.05, 0) is 18.9 Å². The highest BCUT2D eigenvalue weighted by atomic mass is 16.5. The lowest BCUT2D eigenvalue weighted by molar-refractivity contribution is -0.133. The van der Waals surface area contributed by atoms with E-state index in [-0.39, 0.29) is 41.8 Å². The van der Waals surface area contributed by atoms with Crippen molar-refractivity contribution in [3.05, 3.63) is 11.6 Å². The van der Waals surface area contributed by atoms with Gasteiger partial charge in [-0.2, -0.15) is 0 Å². The van der Waals surface area contributed by atoms with Gasteiger partial charge in [0, 0.05) is 24.8 Å². The van der Waals surface area contributed by atoms with E-state index < -0.39 is 24.2 Å². The van der Waals surface area contributed by atoms with Gasteiger partial charge in [0.05, 0.1) is 24.3 Å². The van der Waals surface area contributed by atoms with Crippen molar-refractivity contribution in [2.24, 2.45) is 16.6 Å². The number of amides is 2. The fourth-order valence-corrected chi connectivity index (χ4v) is 2.95. The smallest absolute Gasteiger partial charge is 0.331 e. The highest BCUT2D eigenvalue weighted by Gasteiger charge is 2.37. The summed E-state index contributed by atoms with van der Waals surface area (Å²) in [5.41, 5.74) is 5.99. The number of hydrogen-bond donors (Lipinski definition) is 4. The summed E-state index contributed by atoms with van der Waals surface area (Å²) in [6, 6.07) is -1.29. The largest absolute Gasteiger partial charge is 0.478 e. The van der Waals surface area contributed by atoms with Gasteiger partial charge in [-0.25, -0.2) is 9.79 Å². The normalized spacial score (nSPS) is 22.8. The lowest BCUT2D eigenvalue weighted by atomic mass is 9.88. The van der Waals surface area contributed by atoms with Crippen molar-refractivity contribution in [1.29, 1.82) is 0 Å². The molecule has 2 amide bonds. The average Bonchev–Trinajstić information content (AvgIpc) is 2.60. The molecule has 1 rings (SSSR count). The molecule has 0 fully saturated rings. The molecule has 1 aliphatic rings. The van der Waals surface area contributed by atoms with Crippen molar-refractivity contribution in [1.82, 2.24) is 10.6 Å². The minimum Gasteiger partial charge on any atom is -0.478 e. The Morgan fingerprint density at radius 3 is 2.39 bits per heavy atom. The van der Waals surface area contributed by atoms with Crippen LogP contribution in [-0.4, -0.2) is 53.1 Å². The van der Waals surface area contributed by atoms with Crippen molar-refractivity contribution in [3.63, 3.8) is 0 Å². The number of carboxylic acids is 1. The standard InChI is InChI=1S/C19H32N4O5/c1-6-13(7-2)28-15-9-12(18(26)27)8-14(16(15)21-11(5)24)22-19(20)23-17(25)10(3)4/h9-10,13-16H,6-8H2,1-5H3,(H,21,24)(H,26,27)(H3,20,22,23,25)/t14-,15+,16+/m0/s1. The van der Waals surface area contributed by atoms with Crippen LogP contribution in [0.1, 0.15) is 53.9 Å². The van der Waals surface area contributed by atoms with Crippen LogP contribution in [0, 0.1) is 5.92 Å². The van der Waals surface area contributed by atoms with E-state index in [2.05, 4.69) is 15.6 Å². The van der Waals surface area contributed by atoms with E-state index in [1.54, 1.807) is 13.8 Å². The van der Waals surface area contributed by atoms with Crippen molar-refractivity contribution in [3.8, 4) is 0 Å². The lowest BCUT2D eigenvalue weighted by Crippen LogP contribution is -2.54. The third-order valence-corrected chi connectivity index (χ3v) is 4.55. The first-order valence-electron chi connectivity index (χ1n) is 9.59. The quantitative estimate of drug-likeness (QED) is 0.355. The molecule has 0 saturated carbocycles. The molecule has 9 nitrogen and oxygen atoms in total. The van der Waals surface area contributed by atoms with Gasteiger partial charge in [0.15, 0.2) is 5.96 Å². The molecule has 9 heteroatoms. The predicted octanol–water partition coefficient (Wildman–Crippen LogP) is 0.935. The van der Waals surface area contributed by atoms with Crippen LogP contribution in [0.15, 0.2) is 16.6 Å². The Morgan fingerprint density at radius 2 is 1.93 bits per heavy atom. The molecule has 158 valence electrons. The maximum absolute atomic E-state index is 11.8. The number of carboxylic acid groups (broad SMARTS) is 1. The van der Waals surface area contributed by atoms with E-state index >= 15 is 0 Å². The molecule has 0 aromatic rings. The highest BCUT2D eigenvalue weighted by molar-refractivity contribution is 5.97. The molecule has 0 bridgehead atoms. The fraction of sp³-hybridized carbons (Fsp3) is 0.684. The van der Waals surface area contributed by atoms with E-state index in [1.165, 1.54) is 13.0 Å². The first kappa shape index (κ1) is 23.6. The predicted molar refractivity (Wildman–Crippen MR) is 106 cm³/mol. The number of hydrogen-bond acceptors (Lipinski definition) is 5. The SMILES string of the molecule is CCC(CC)O[C@@H]1C=C(C(=O)O)C[C@H](N=C(N)NC(=O)C(C)C)[C@H]1NC(C)=O. The van der Waals surface area contributed by atoms with E-state index in [9.17, 15) is 19.5 Å². The van der Waals surface area contributed by atoms with Gasteiger partial charge >= 0.3 is 5.97 Å². The molecular weight excluding hydrogens is 364 g/mol. The number of rotatable bonds is 8. The zero-order valence-electron chi connectivity index (χ0n) is 17.2. The van der Waals surface area contributed by atoms with E-state index in [1.807, 2.05) is 13.8 Å². The molecule has 5 N–H and O–H groups in total. The Bertz CT molecular complexity index is 640. The molecule has 0 aromatic carbocycles. The van der Waals surface area contributed by atoms with E-state index in [0.29, 0.717) is 0 Å². The highest BCUT2D eigenvalue weighted by Crippen LogP contribution is 2.26. The Kier molecular flexibility index (Phi) is 9.11. The topological polar surface area (TPSA) is 143 Å². The summed E-state index contributed by atoms with van der Waals surface area (Å²) in [5, 5.41) is 14.8. The van der Waals surface area contributed by atoms with E-state index in [4.69, 9.17) is 10.5 Å². The van der Waals surface area contributed by atoms with Gasteiger partial charge < -0.3 is 20.9 Å². The number of aliphatic carboxylic acids is 1. The first-order chi connectivity index (χ1) is 13.1. The molecule has 0 unspecified atom stereocenters. The number of nitrogens with two attached hydrogens (primary N) is 1. The molecule has 0 aromatic heterocycles. The summed E-state index contributed by atoms with van der Waals surface area (Å²) in [5.74, 6) is -2.07. The van der Waals surface area contributed by atoms with Crippen LogP contribution in [0.25, 0.3) is 0 Å². The number of ether oxygens (including phenoxy) is 1. The minimum atomic E-state index is -1.08. The molecular formula is C19H32N4O5. The maximum atomic E-state index is 11.8. The third-order valence-electron chi connectivity index (χ3n) is 4.55. The molecule has 1 aliphatic carbocycles. The number of nitrogens with zero attached hydrogens (tertiary/aromatic N) is 1. The first-order valence-corrected chi connectivity index (χ1v) is 9.59. The van der Waals surface area contributed by atoms with Gasteiger partial charge in [-0.1, -0.05) is 27.7 Å². The van der Waals surface area contributed by atoms with Crippen molar-refractivity contribution < 1.29 is 24.2 Å². The number of carbonyl (C=O) groups excluding carboxylic acids is 2. The van der Waals surface area contributed by atoms with Gasteiger partial charge in [0.1, 0.15) is 0 Å². The zero-order chi connectivity index (χ0) is 21.4. The Hall–Kier alpha value is -2.42. The van der Waals surface area contributed by atoms with Crippen molar-refractivity contribution in [2.45, 2.75) is 78.2 Å². The summed E-state index contributed by atoms with van der Waals surface area (Å²) in [6.45, 7) is 8.75. The molecule has 0 heterocycles. The van der Waals surface area contributed by atoms with Gasteiger partial charge in [0.2, 0.25) is 11.8 Å². The van der Waals surface area contributed by atoms with Crippen molar-refractivity contribution in [2.75, 3.05) is 0 Å². The molecule has 28 heavy (non-hydrogen) atoms.